The number of amides is 1. The fraction of sp³-hybridized carbons (Fsp3) is 0.318. The van der Waals surface area contributed by atoms with Crippen molar-refractivity contribution in [1.29, 1.82) is 0 Å². The van der Waals surface area contributed by atoms with Crippen LogP contribution in [0.2, 0.25) is 10.0 Å². The van der Waals surface area contributed by atoms with E-state index in [0.717, 1.165) is 12.1 Å². The van der Waals surface area contributed by atoms with E-state index in [1.807, 2.05) is 0 Å². The molecule has 1 heterocycles. The Bertz CT molecular complexity index is 1200. The summed E-state index contributed by atoms with van der Waals surface area (Å²) in [6.07, 6.45) is -4.08. The Balaban J connectivity index is 1.99. The summed E-state index contributed by atoms with van der Waals surface area (Å²) in [4.78, 5) is 24.9. The molecule has 2 aromatic carbocycles. The molecular formula is C22H21Cl2F3N4O2. The van der Waals surface area contributed by atoms with Crippen molar-refractivity contribution in [3.63, 3.8) is 0 Å². The van der Waals surface area contributed by atoms with Gasteiger partial charge in [0, 0.05) is 29.6 Å². The lowest BCUT2D eigenvalue weighted by molar-refractivity contribution is -0.137. The lowest BCUT2D eigenvalue weighted by Crippen LogP contribution is -2.30. The molecule has 0 unspecified atom stereocenters. The van der Waals surface area contributed by atoms with Gasteiger partial charge in [-0.25, -0.2) is 14.0 Å². The average molecular weight is 501 g/mol. The minimum absolute atomic E-state index is 0.105. The topological polar surface area (TPSA) is 68.9 Å². The smallest absolute Gasteiger partial charge is 0.356 e. The zero-order chi connectivity index (χ0) is 24.3. The van der Waals surface area contributed by atoms with E-state index in [1.165, 1.54) is 27.4 Å². The second kappa shape index (κ2) is 10.0. The van der Waals surface area contributed by atoms with Gasteiger partial charge in [0.25, 0.3) is 0 Å². The molecule has 0 aliphatic heterocycles. The maximum absolute atomic E-state index is 13.1. The van der Waals surface area contributed by atoms with Crippen LogP contribution in [-0.4, -0.2) is 26.8 Å². The molecule has 0 atom stereocenters. The lowest BCUT2D eigenvalue weighted by Gasteiger charge is -2.10. The van der Waals surface area contributed by atoms with Gasteiger partial charge < -0.3 is 5.32 Å². The highest BCUT2D eigenvalue weighted by molar-refractivity contribution is 6.36. The number of nitrogens with one attached hydrogen (secondary N) is 1. The highest BCUT2D eigenvalue weighted by Crippen LogP contribution is 2.32. The number of carbonyl (C=O) groups excluding carboxylic acids is 1. The highest BCUT2D eigenvalue weighted by Gasteiger charge is 2.30. The van der Waals surface area contributed by atoms with Crippen LogP contribution in [0, 0.1) is 5.92 Å². The molecule has 1 amide bonds. The maximum atomic E-state index is 13.1. The van der Waals surface area contributed by atoms with E-state index in [1.54, 1.807) is 26.0 Å². The van der Waals surface area contributed by atoms with Crippen molar-refractivity contribution in [2.45, 2.75) is 33.0 Å². The predicted octanol–water partition coefficient (Wildman–Crippen LogP) is 5.19. The number of hydrogen-bond acceptors (Lipinski definition) is 3. The number of halogens is 5. The normalized spacial score (nSPS) is 11.8. The first-order valence-corrected chi connectivity index (χ1v) is 10.8. The van der Waals surface area contributed by atoms with Gasteiger partial charge in [0.15, 0.2) is 5.82 Å². The summed E-state index contributed by atoms with van der Waals surface area (Å²) in [5.74, 6) is -0.107. The van der Waals surface area contributed by atoms with Gasteiger partial charge in [-0.15, -0.1) is 5.10 Å². The summed E-state index contributed by atoms with van der Waals surface area (Å²) in [6, 6.07) is 8.84. The first-order valence-electron chi connectivity index (χ1n) is 10.1. The van der Waals surface area contributed by atoms with Gasteiger partial charge in [0.1, 0.15) is 0 Å². The van der Waals surface area contributed by atoms with E-state index in [9.17, 15) is 22.8 Å². The summed E-state index contributed by atoms with van der Waals surface area (Å²) in [7, 11) is 0. The third kappa shape index (κ3) is 5.78. The molecule has 1 N–H and O–H groups in total. The molecule has 176 valence electrons. The monoisotopic (exact) mass is 500 g/mol. The van der Waals surface area contributed by atoms with Crippen molar-refractivity contribution in [2.24, 2.45) is 5.92 Å². The van der Waals surface area contributed by atoms with Gasteiger partial charge in [0.2, 0.25) is 5.91 Å². The molecule has 3 aromatic rings. The summed E-state index contributed by atoms with van der Waals surface area (Å²) in [5.41, 5.74) is -0.789. The van der Waals surface area contributed by atoms with Crippen LogP contribution in [0.4, 0.5) is 13.2 Å². The minimum Gasteiger partial charge on any atom is -0.356 e. The van der Waals surface area contributed by atoms with Gasteiger partial charge in [0.05, 0.1) is 16.3 Å². The van der Waals surface area contributed by atoms with Crippen LogP contribution in [0.25, 0.3) is 17.1 Å². The molecule has 11 heteroatoms. The van der Waals surface area contributed by atoms with Crippen LogP contribution in [0.1, 0.15) is 25.8 Å². The summed E-state index contributed by atoms with van der Waals surface area (Å²) < 4.78 is 41.3. The summed E-state index contributed by atoms with van der Waals surface area (Å²) in [6.45, 7) is 4.07. The van der Waals surface area contributed by atoms with E-state index < -0.39 is 17.4 Å². The number of aromatic nitrogens is 3. The molecule has 0 aliphatic rings. The molecule has 3 rings (SSSR count). The molecule has 0 fully saturated rings. The fourth-order valence-electron chi connectivity index (χ4n) is 3.08. The highest BCUT2D eigenvalue weighted by atomic mass is 35.5. The second-order valence-electron chi connectivity index (χ2n) is 7.63. The van der Waals surface area contributed by atoms with Gasteiger partial charge >= 0.3 is 11.9 Å². The Kier molecular flexibility index (Phi) is 7.54. The Labute approximate surface area is 197 Å². The largest absolute Gasteiger partial charge is 0.416 e. The Morgan fingerprint density at radius 3 is 2.36 bits per heavy atom. The SMILES string of the molecule is CC(C)C(=O)NCCCn1nc(-c2ccc(Cl)cc2Cl)n(-c2ccc(C(F)(F)F)cc2)c1=O. The zero-order valence-electron chi connectivity index (χ0n) is 17.8. The molecule has 33 heavy (non-hydrogen) atoms. The molecular weight excluding hydrogens is 480 g/mol. The Hall–Kier alpha value is -2.78. The van der Waals surface area contributed by atoms with Crippen LogP contribution in [0.3, 0.4) is 0 Å². The van der Waals surface area contributed by atoms with E-state index in [-0.39, 0.29) is 34.9 Å². The zero-order valence-corrected chi connectivity index (χ0v) is 19.3. The Morgan fingerprint density at radius 1 is 1.12 bits per heavy atom. The third-order valence-corrected chi connectivity index (χ3v) is 5.38. The van der Waals surface area contributed by atoms with Crippen LogP contribution < -0.4 is 11.0 Å². The molecule has 0 bridgehead atoms. The molecule has 6 nitrogen and oxygen atoms in total. The first kappa shape index (κ1) is 24.9. The molecule has 0 aliphatic carbocycles. The first-order chi connectivity index (χ1) is 15.5. The van der Waals surface area contributed by atoms with Gasteiger partial charge in [-0.05, 0) is 48.9 Å². The molecule has 0 saturated heterocycles. The van der Waals surface area contributed by atoms with Crippen molar-refractivity contribution >= 4 is 29.1 Å². The standard InChI is InChI=1S/C22H21Cl2F3N4O2/c1-13(2)20(32)28-10-3-11-30-21(33)31(16-7-4-14(5-8-16)22(25,26)27)19(29-30)17-9-6-15(23)12-18(17)24/h4-9,12-13H,3,10-11H2,1-2H3,(H,28,32). The molecule has 0 saturated carbocycles. The van der Waals surface area contributed by atoms with E-state index in [0.29, 0.717) is 23.6 Å². The van der Waals surface area contributed by atoms with Crippen molar-refractivity contribution in [1.82, 2.24) is 19.7 Å². The average Bonchev–Trinajstić information content (AvgIpc) is 3.06. The number of aryl methyl sites for hydroxylation is 1. The van der Waals surface area contributed by atoms with Crippen LogP contribution >= 0.6 is 23.2 Å². The number of nitrogens with zero attached hydrogens (tertiary/aromatic N) is 3. The van der Waals surface area contributed by atoms with Gasteiger partial charge in [-0.1, -0.05) is 37.0 Å². The quantitative estimate of drug-likeness (QED) is 0.454. The van der Waals surface area contributed by atoms with Crippen molar-refractivity contribution in [3.05, 3.63) is 68.6 Å². The molecule has 0 radical (unpaired) electrons. The third-order valence-electron chi connectivity index (χ3n) is 4.83. The van der Waals surface area contributed by atoms with Gasteiger partial charge in [-0.3, -0.25) is 4.79 Å². The van der Waals surface area contributed by atoms with Crippen LogP contribution in [-0.2, 0) is 17.5 Å². The second-order valence-corrected chi connectivity index (χ2v) is 8.48. The number of carbonyl (C=O) groups is 1. The number of alkyl halides is 3. The lowest BCUT2D eigenvalue weighted by atomic mass is 10.1. The number of rotatable bonds is 7. The van der Waals surface area contributed by atoms with Gasteiger partial charge in [-0.2, -0.15) is 13.2 Å². The fourth-order valence-corrected chi connectivity index (χ4v) is 3.57. The van der Waals surface area contributed by atoms with E-state index in [4.69, 9.17) is 23.2 Å². The number of benzene rings is 2. The van der Waals surface area contributed by atoms with Crippen molar-refractivity contribution in [3.8, 4) is 17.1 Å². The van der Waals surface area contributed by atoms with Crippen molar-refractivity contribution < 1.29 is 18.0 Å². The van der Waals surface area contributed by atoms with E-state index in [2.05, 4.69) is 10.4 Å². The van der Waals surface area contributed by atoms with Crippen molar-refractivity contribution in [2.75, 3.05) is 6.54 Å². The van der Waals surface area contributed by atoms with Crippen LogP contribution in [0.15, 0.2) is 47.3 Å². The summed E-state index contributed by atoms with van der Waals surface area (Å²) in [5, 5.41) is 7.75. The van der Waals surface area contributed by atoms with Crippen LogP contribution in [0.5, 0.6) is 0 Å². The maximum Gasteiger partial charge on any atom is 0.416 e. The molecule has 0 spiro atoms. The van der Waals surface area contributed by atoms with E-state index >= 15 is 0 Å². The molecule has 1 aromatic heterocycles. The summed E-state index contributed by atoms with van der Waals surface area (Å²) >= 11 is 12.3. The Morgan fingerprint density at radius 2 is 1.79 bits per heavy atom. The number of hydrogen-bond donors (Lipinski definition) is 1. The predicted molar refractivity (Wildman–Crippen MR) is 121 cm³/mol. The minimum atomic E-state index is -4.50.